The van der Waals surface area contributed by atoms with Crippen LogP contribution in [-0.2, 0) is 10.7 Å². The molecule has 0 aliphatic rings. The summed E-state index contributed by atoms with van der Waals surface area (Å²) < 4.78 is 19.8. The fourth-order valence-corrected chi connectivity index (χ4v) is 0.845. The van der Waals surface area contributed by atoms with Gasteiger partial charge in [-0.15, -0.1) is 0 Å². The van der Waals surface area contributed by atoms with Gasteiger partial charge in [-0.25, -0.2) is 8.42 Å². The van der Waals surface area contributed by atoms with E-state index < -0.39 is 10.7 Å². The summed E-state index contributed by atoms with van der Waals surface area (Å²) in [7, 11) is 1.52. The molecule has 0 fully saturated rings. The molecule has 0 aromatic heterocycles. The van der Waals surface area contributed by atoms with Crippen molar-refractivity contribution in [2.45, 2.75) is 0 Å². The first-order chi connectivity index (χ1) is 3.63. The normalized spacial score (nSPS) is 11.0. The molecule has 0 saturated carbocycles. The number of thiol groups is 1. The molecule has 0 N–H and O–H groups in total. The predicted octanol–water partition coefficient (Wildman–Crippen LogP) is -0.841. The maximum Gasteiger partial charge on any atom is 0.141 e. The second-order valence-electron chi connectivity index (χ2n) is 1.86. The van der Waals surface area contributed by atoms with Crippen LogP contribution in [0.15, 0.2) is 0 Å². The van der Waals surface area contributed by atoms with E-state index >= 15 is 0 Å². The van der Waals surface area contributed by atoms with Gasteiger partial charge in [-0.2, -0.15) is 0 Å². The lowest BCUT2D eigenvalue weighted by Crippen LogP contribution is -2.16. The van der Waals surface area contributed by atoms with Crippen molar-refractivity contribution in [3.63, 3.8) is 0 Å². The summed E-state index contributed by atoms with van der Waals surface area (Å²) in [5, 5.41) is 0. The van der Waals surface area contributed by atoms with Crippen LogP contribution in [0.4, 0.5) is 0 Å². The zero-order chi connectivity index (χ0) is 6.57. The summed E-state index contributed by atoms with van der Waals surface area (Å²) in [6, 6.07) is 0. The van der Waals surface area contributed by atoms with Crippen molar-refractivity contribution in [1.82, 2.24) is 4.90 Å². The first-order valence-electron chi connectivity index (χ1n) is 2.39. The average molecular weight is 137 g/mol. The lowest BCUT2D eigenvalue weighted by molar-refractivity contribution is 0.434. The van der Waals surface area contributed by atoms with Crippen molar-refractivity contribution in [2.75, 3.05) is 26.4 Å². The summed E-state index contributed by atoms with van der Waals surface area (Å²) in [4.78, 5) is 1.84. The first kappa shape index (κ1) is 7.91. The molecule has 0 radical (unpaired) electrons. The maximum atomic E-state index is 9.91. The minimum absolute atomic E-state index is 0.266. The van der Waals surface area contributed by atoms with E-state index in [0.29, 0.717) is 6.54 Å². The molecular formula is C4H11NO2S. The van der Waals surface area contributed by atoms with E-state index in [2.05, 4.69) is 0 Å². The Labute approximate surface area is 51.3 Å². The Hall–Kier alpha value is -0.0900. The Kier molecular flexibility index (Phi) is 3.81. The highest BCUT2D eigenvalue weighted by Gasteiger charge is 1.88. The van der Waals surface area contributed by atoms with Crippen LogP contribution in [0.2, 0.25) is 0 Å². The Bertz CT molecular complexity index is 111. The third-order valence-electron chi connectivity index (χ3n) is 0.730. The van der Waals surface area contributed by atoms with Gasteiger partial charge in [0.05, 0.1) is 5.75 Å². The largest absolute Gasteiger partial charge is 0.308 e. The summed E-state index contributed by atoms with van der Waals surface area (Å²) in [6.45, 7) is 0.624. The molecule has 3 nitrogen and oxygen atoms in total. The molecule has 0 aliphatic heterocycles. The fraction of sp³-hybridized carbons (Fsp3) is 1.00. The van der Waals surface area contributed by atoms with Gasteiger partial charge in [0.1, 0.15) is 10.7 Å². The van der Waals surface area contributed by atoms with Gasteiger partial charge < -0.3 is 4.90 Å². The van der Waals surface area contributed by atoms with Gasteiger partial charge in [0.25, 0.3) is 0 Å². The van der Waals surface area contributed by atoms with Crippen LogP contribution in [0.5, 0.6) is 0 Å². The van der Waals surface area contributed by atoms with Crippen LogP contribution in [0, 0.1) is 0 Å². The summed E-state index contributed by atoms with van der Waals surface area (Å²) in [5.41, 5.74) is 0. The molecule has 0 aromatic carbocycles. The van der Waals surface area contributed by atoms with Gasteiger partial charge in [-0.3, -0.25) is 0 Å². The molecule has 4 heteroatoms. The number of hydrogen-bond acceptors (Lipinski definition) is 3. The predicted molar refractivity (Wildman–Crippen MR) is 33.7 cm³/mol. The Morgan fingerprint density at radius 2 is 1.88 bits per heavy atom. The summed E-state index contributed by atoms with van der Waals surface area (Å²) in [5.74, 6) is 0.266. The number of hydrogen-bond donors (Lipinski definition) is 1. The van der Waals surface area contributed by atoms with Crippen molar-refractivity contribution in [3.05, 3.63) is 0 Å². The summed E-state index contributed by atoms with van der Waals surface area (Å²) in [6.07, 6.45) is 0. The topological polar surface area (TPSA) is 37.4 Å². The highest BCUT2D eigenvalue weighted by Crippen LogP contribution is 1.72. The highest BCUT2D eigenvalue weighted by molar-refractivity contribution is 7.72. The van der Waals surface area contributed by atoms with Crippen molar-refractivity contribution in [2.24, 2.45) is 0 Å². The molecule has 0 unspecified atom stereocenters. The van der Waals surface area contributed by atoms with E-state index in [1.165, 1.54) is 0 Å². The van der Waals surface area contributed by atoms with Gasteiger partial charge in [0.15, 0.2) is 0 Å². The molecule has 0 aromatic rings. The van der Waals surface area contributed by atoms with E-state index in [-0.39, 0.29) is 5.75 Å². The third kappa shape index (κ3) is 5.91. The molecule has 0 spiro atoms. The molecule has 50 valence electrons. The van der Waals surface area contributed by atoms with E-state index in [1.807, 2.05) is 19.0 Å². The monoisotopic (exact) mass is 137 g/mol. The molecule has 8 heavy (non-hydrogen) atoms. The van der Waals surface area contributed by atoms with E-state index in [1.54, 1.807) is 0 Å². The smallest absolute Gasteiger partial charge is 0.141 e. The molecule has 0 rings (SSSR count). The second kappa shape index (κ2) is 3.86. The zero-order valence-corrected chi connectivity index (χ0v) is 6.02. The fourth-order valence-electron chi connectivity index (χ4n) is 0.282. The molecular weight excluding hydrogens is 126 g/mol. The van der Waals surface area contributed by atoms with Gasteiger partial charge in [-0.1, -0.05) is 0 Å². The van der Waals surface area contributed by atoms with Crippen molar-refractivity contribution >= 4 is 10.7 Å². The number of rotatable bonds is 3. The zero-order valence-electron chi connectivity index (χ0n) is 5.13. The molecule has 0 saturated heterocycles. The standard InChI is InChI=1S/C4H11NO2S/c1-5(2)3-4-8(6)7/h8H,3-4H2,1-2H3. The lowest BCUT2D eigenvalue weighted by atomic mass is 10.7. The van der Waals surface area contributed by atoms with E-state index in [9.17, 15) is 8.42 Å². The second-order valence-corrected chi connectivity index (χ2v) is 2.97. The van der Waals surface area contributed by atoms with Gasteiger partial charge in [0, 0.05) is 6.54 Å². The third-order valence-corrected chi connectivity index (χ3v) is 1.29. The van der Waals surface area contributed by atoms with Gasteiger partial charge >= 0.3 is 0 Å². The van der Waals surface area contributed by atoms with E-state index in [4.69, 9.17) is 0 Å². The number of nitrogens with zero attached hydrogens (tertiary/aromatic N) is 1. The highest BCUT2D eigenvalue weighted by atomic mass is 32.2. The minimum Gasteiger partial charge on any atom is -0.308 e. The van der Waals surface area contributed by atoms with Crippen LogP contribution in [-0.4, -0.2) is 39.7 Å². The lowest BCUT2D eigenvalue weighted by Gasteiger charge is -2.03. The minimum atomic E-state index is -2.17. The van der Waals surface area contributed by atoms with Crippen molar-refractivity contribution in [3.8, 4) is 0 Å². The van der Waals surface area contributed by atoms with Crippen molar-refractivity contribution < 1.29 is 8.42 Å². The van der Waals surface area contributed by atoms with E-state index in [0.717, 1.165) is 0 Å². The van der Waals surface area contributed by atoms with Crippen LogP contribution < -0.4 is 0 Å². The molecule has 0 amide bonds. The SMILES string of the molecule is CN(C)CC[SH](=O)=O. The molecule has 0 bridgehead atoms. The summed E-state index contributed by atoms with van der Waals surface area (Å²) >= 11 is 0. The Morgan fingerprint density at radius 1 is 1.38 bits per heavy atom. The molecule has 0 atom stereocenters. The Morgan fingerprint density at radius 3 is 2.00 bits per heavy atom. The quantitative estimate of drug-likeness (QED) is 0.515. The van der Waals surface area contributed by atoms with Gasteiger partial charge in [0.2, 0.25) is 0 Å². The maximum absolute atomic E-state index is 9.91. The average Bonchev–Trinajstić information content (AvgIpc) is 1.61. The van der Waals surface area contributed by atoms with Crippen LogP contribution >= 0.6 is 0 Å². The first-order valence-corrected chi connectivity index (χ1v) is 3.75. The van der Waals surface area contributed by atoms with Crippen LogP contribution in [0.3, 0.4) is 0 Å². The van der Waals surface area contributed by atoms with Crippen LogP contribution in [0.1, 0.15) is 0 Å². The van der Waals surface area contributed by atoms with Crippen molar-refractivity contribution in [1.29, 1.82) is 0 Å². The van der Waals surface area contributed by atoms with Gasteiger partial charge in [-0.05, 0) is 14.1 Å². The molecule has 0 aliphatic carbocycles. The molecule has 0 heterocycles. The van der Waals surface area contributed by atoms with Crippen LogP contribution in [0.25, 0.3) is 0 Å². The Balaban J connectivity index is 3.18.